The van der Waals surface area contributed by atoms with Crippen molar-refractivity contribution in [1.82, 2.24) is 14.7 Å². The summed E-state index contributed by atoms with van der Waals surface area (Å²) in [6, 6.07) is 0.490. The van der Waals surface area contributed by atoms with Crippen LogP contribution in [0.1, 0.15) is 45.9 Å². The third kappa shape index (κ3) is 4.14. The zero-order valence-electron chi connectivity index (χ0n) is 12.4. The molecule has 0 aliphatic carbocycles. The molecule has 0 bridgehead atoms. The molecule has 1 aromatic heterocycles. The van der Waals surface area contributed by atoms with E-state index in [-0.39, 0.29) is 0 Å². The summed E-state index contributed by atoms with van der Waals surface area (Å²) < 4.78 is 4.48. The second kappa shape index (κ2) is 7.20. The minimum absolute atomic E-state index is 0.490. The Hall–Kier alpha value is -0.680. The van der Waals surface area contributed by atoms with E-state index in [1.165, 1.54) is 19.4 Å². The highest BCUT2D eigenvalue weighted by atomic mass is 32.1. The van der Waals surface area contributed by atoms with Crippen molar-refractivity contribution in [3.8, 4) is 0 Å². The molecule has 0 spiro atoms. The lowest BCUT2D eigenvalue weighted by Gasteiger charge is -2.32. The molecule has 1 atom stereocenters. The maximum absolute atomic E-state index is 4.70. The highest BCUT2D eigenvalue weighted by molar-refractivity contribution is 7.09. The Morgan fingerprint density at radius 3 is 2.95 bits per heavy atom. The number of piperidine rings is 1. The molecule has 2 heterocycles. The molecule has 1 saturated heterocycles. The molecule has 1 unspecified atom stereocenters. The average Bonchev–Trinajstić information content (AvgIpc) is 2.85. The number of aryl methyl sites for hydroxylation is 1. The van der Waals surface area contributed by atoms with Crippen molar-refractivity contribution < 1.29 is 0 Å². The topological polar surface area (TPSA) is 41.1 Å². The smallest absolute Gasteiger partial charge is 0.205 e. The molecule has 0 saturated carbocycles. The van der Waals surface area contributed by atoms with E-state index in [2.05, 4.69) is 35.4 Å². The van der Waals surface area contributed by atoms with E-state index in [1.807, 2.05) is 0 Å². The first-order chi connectivity index (χ1) is 9.20. The molecule has 108 valence electrons. The van der Waals surface area contributed by atoms with Gasteiger partial charge in [0.1, 0.15) is 5.82 Å². The van der Waals surface area contributed by atoms with Crippen molar-refractivity contribution in [2.45, 2.75) is 52.5 Å². The fourth-order valence-corrected chi connectivity index (χ4v) is 3.41. The molecular weight excluding hydrogens is 256 g/mol. The fraction of sp³-hybridized carbons (Fsp3) is 0.857. The van der Waals surface area contributed by atoms with Gasteiger partial charge >= 0.3 is 0 Å². The minimum atomic E-state index is 0.490. The van der Waals surface area contributed by atoms with Crippen LogP contribution in [0.3, 0.4) is 0 Å². The van der Waals surface area contributed by atoms with Crippen LogP contribution in [0.2, 0.25) is 0 Å². The summed E-state index contributed by atoms with van der Waals surface area (Å²) in [5, 5.41) is 4.60. The lowest BCUT2D eigenvalue weighted by Crippen LogP contribution is -2.41. The number of rotatable bonds is 6. The van der Waals surface area contributed by atoms with E-state index in [0.717, 1.165) is 42.8 Å². The first-order valence-corrected chi connectivity index (χ1v) is 8.28. The van der Waals surface area contributed by atoms with Gasteiger partial charge in [0.2, 0.25) is 5.13 Å². The molecule has 19 heavy (non-hydrogen) atoms. The third-order valence-electron chi connectivity index (χ3n) is 3.65. The Morgan fingerprint density at radius 1 is 1.47 bits per heavy atom. The largest absolute Gasteiger partial charge is 0.344 e. The van der Waals surface area contributed by atoms with Gasteiger partial charge in [-0.1, -0.05) is 6.92 Å². The molecule has 0 radical (unpaired) electrons. The van der Waals surface area contributed by atoms with Crippen LogP contribution in [0.15, 0.2) is 0 Å². The monoisotopic (exact) mass is 282 g/mol. The summed E-state index contributed by atoms with van der Waals surface area (Å²) in [5.74, 6) is 1.75. The van der Waals surface area contributed by atoms with Crippen LogP contribution in [0, 0.1) is 5.92 Å². The predicted molar refractivity (Wildman–Crippen MR) is 82.0 cm³/mol. The Kier molecular flexibility index (Phi) is 5.58. The molecule has 5 heteroatoms. The van der Waals surface area contributed by atoms with Crippen LogP contribution in [0.25, 0.3) is 0 Å². The Balaban J connectivity index is 2.01. The number of nitrogens with zero attached hydrogens (tertiary/aromatic N) is 3. The average molecular weight is 282 g/mol. The van der Waals surface area contributed by atoms with E-state index < -0.39 is 0 Å². The van der Waals surface area contributed by atoms with Gasteiger partial charge in [0, 0.05) is 30.5 Å². The first-order valence-electron chi connectivity index (χ1n) is 7.50. The summed E-state index contributed by atoms with van der Waals surface area (Å²) in [5.41, 5.74) is 0. The van der Waals surface area contributed by atoms with Crippen molar-refractivity contribution in [1.29, 1.82) is 0 Å². The van der Waals surface area contributed by atoms with Gasteiger partial charge in [0.25, 0.3) is 0 Å². The zero-order chi connectivity index (χ0) is 13.7. The fourth-order valence-electron chi connectivity index (χ4n) is 2.55. The van der Waals surface area contributed by atoms with Gasteiger partial charge in [-0.2, -0.15) is 4.37 Å². The number of hydrogen-bond donors (Lipinski definition) is 1. The standard InChI is InChI=1S/C14H26N4S/c1-4-6-13-16-14(19-17-13)18(11(2)3)10-12-7-5-8-15-9-12/h11-12,15H,4-10H2,1-3H3. The summed E-state index contributed by atoms with van der Waals surface area (Å²) in [6.07, 6.45) is 4.74. The van der Waals surface area contributed by atoms with Crippen molar-refractivity contribution >= 4 is 16.7 Å². The minimum Gasteiger partial charge on any atom is -0.344 e. The van der Waals surface area contributed by atoms with E-state index in [1.54, 1.807) is 11.5 Å². The van der Waals surface area contributed by atoms with Gasteiger partial charge in [-0.3, -0.25) is 0 Å². The quantitative estimate of drug-likeness (QED) is 0.871. The van der Waals surface area contributed by atoms with E-state index >= 15 is 0 Å². The van der Waals surface area contributed by atoms with Crippen LogP contribution in [0.4, 0.5) is 5.13 Å². The summed E-state index contributed by atoms with van der Waals surface area (Å²) in [7, 11) is 0. The normalized spacial score (nSPS) is 19.9. The Bertz CT molecular complexity index is 371. The summed E-state index contributed by atoms with van der Waals surface area (Å²) in [6.45, 7) is 10.1. The van der Waals surface area contributed by atoms with Crippen molar-refractivity contribution in [3.05, 3.63) is 5.82 Å². The molecule has 4 nitrogen and oxygen atoms in total. The van der Waals surface area contributed by atoms with Crippen LogP contribution < -0.4 is 10.2 Å². The van der Waals surface area contributed by atoms with Crippen molar-refractivity contribution in [2.75, 3.05) is 24.5 Å². The van der Waals surface area contributed by atoms with Gasteiger partial charge < -0.3 is 10.2 Å². The molecule has 1 aliphatic rings. The summed E-state index contributed by atoms with van der Waals surface area (Å²) >= 11 is 1.56. The molecule has 2 rings (SSSR count). The second-order valence-electron chi connectivity index (χ2n) is 5.70. The molecule has 1 aliphatic heterocycles. The van der Waals surface area contributed by atoms with Gasteiger partial charge in [0.05, 0.1) is 0 Å². The highest BCUT2D eigenvalue weighted by Gasteiger charge is 2.21. The molecule has 0 amide bonds. The molecule has 1 N–H and O–H groups in total. The predicted octanol–water partition coefficient (Wildman–Crippen LogP) is 2.71. The number of anilines is 1. The van der Waals surface area contributed by atoms with Crippen molar-refractivity contribution in [2.24, 2.45) is 5.92 Å². The highest BCUT2D eigenvalue weighted by Crippen LogP contribution is 2.23. The van der Waals surface area contributed by atoms with Gasteiger partial charge in [0.15, 0.2) is 0 Å². The zero-order valence-corrected chi connectivity index (χ0v) is 13.2. The van der Waals surface area contributed by atoms with Crippen LogP contribution in [0.5, 0.6) is 0 Å². The van der Waals surface area contributed by atoms with Crippen LogP contribution in [-0.4, -0.2) is 35.0 Å². The van der Waals surface area contributed by atoms with E-state index in [4.69, 9.17) is 4.98 Å². The molecular formula is C14H26N4S. The maximum atomic E-state index is 4.70. The van der Waals surface area contributed by atoms with Gasteiger partial charge in [-0.05, 0) is 52.1 Å². The Labute approximate surface area is 120 Å². The SMILES string of the molecule is CCCc1nsc(N(CC2CCCNC2)C(C)C)n1. The van der Waals surface area contributed by atoms with E-state index in [9.17, 15) is 0 Å². The Morgan fingerprint density at radius 2 is 2.32 bits per heavy atom. The van der Waals surface area contributed by atoms with Crippen LogP contribution >= 0.6 is 11.5 Å². The van der Waals surface area contributed by atoms with Crippen LogP contribution in [-0.2, 0) is 6.42 Å². The lowest BCUT2D eigenvalue weighted by molar-refractivity contribution is 0.371. The van der Waals surface area contributed by atoms with Crippen molar-refractivity contribution in [3.63, 3.8) is 0 Å². The summed E-state index contributed by atoms with van der Waals surface area (Å²) in [4.78, 5) is 7.13. The first kappa shape index (κ1) is 14.7. The molecule has 1 fully saturated rings. The maximum Gasteiger partial charge on any atom is 0.205 e. The second-order valence-corrected chi connectivity index (χ2v) is 6.43. The molecule has 0 aromatic carbocycles. The number of hydrogen-bond acceptors (Lipinski definition) is 5. The number of aromatic nitrogens is 2. The number of nitrogens with one attached hydrogen (secondary N) is 1. The van der Waals surface area contributed by atoms with Gasteiger partial charge in [-0.25, -0.2) is 4.98 Å². The van der Waals surface area contributed by atoms with E-state index in [0.29, 0.717) is 6.04 Å². The van der Waals surface area contributed by atoms with Gasteiger partial charge in [-0.15, -0.1) is 0 Å². The third-order valence-corrected chi connectivity index (χ3v) is 4.44. The lowest BCUT2D eigenvalue weighted by atomic mass is 9.99. The molecule has 1 aromatic rings.